The maximum atomic E-state index is 11.2. The standard InChI is InChI=1S/C18H17N3O4/c19-11-13-3-8-17(18(10-13)21(22)23)20-14-4-6-15(7-5-14)25-12-16-2-1-9-24-16/h3-8,10,16,20H,1-2,9,12H2/t16-/m0/s1. The van der Waals surface area contributed by atoms with Gasteiger partial charge in [-0.1, -0.05) is 0 Å². The van der Waals surface area contributed by atoms with Crippen molar-refractivity contribution >= 4 is 17.1 Å². The highest BCUT2D eigenvalue weighted by Gasteiger charge is 2.16. The third-order valence-electron chi connectivity index (χ3n) is 3.92. The predicted octanol–water partition coefficient (Wildman–Crippen LogP) is 3.77. The van der Waals surface area contributed by atoms with Gasteiger partial charge in [-0.3, -0.25) is 10.1 Å². The van der Waals surface area contributed by atoms with E-state index in [1.165, 1.54) is 18.2 Å². The van der Waals surface area contributed by atoms with E-state index in [9.17, 15) is 10.1 Å². The fourth-order valence-electron chi connectivity index (χ4n) is 2.61. The van der Waals surface area contributed by atoms with Crippen molar-refractivity contribution in [2.45, 2.75) is 18.9 Å². The van der Waals surface area contributed by atoms with Gasteiger partial charge in [0.15, 0.2) is 0 Å². The van der Waals surface area contributed by atoms with Crippen molar-refractivity contribution in [3.05, 3.63) is 58.1 Å². The van der Waals surface area contributed by atoms with Gasteiger partial charge in [0, 0.05) is 18.4 Å². The van der Waals surface area contributed by atoms with Crippen LogP contribution in [0.15, 0.2) is 42.5 Å². The third-order valence-corrected chi connectivity index (χ3v) is 3.92. The summed E-state index contributed by atoms with van der Waals surface area (Å²) < 4.78 is 11.2. The van der Waals surface area contributed by atoms with Crippen molar-refractivity contribution in [2.75, 3.05) is 18.5 Å². The Morgan fingerprint density at radius 2 is 2.12 bits per heavy atom. The maximum absolute atomic E-state index is 11.2. The molecule has 7 nitrogen and oxygen atoms in total. The Labute approximate surface area is 144 Å². The summed E-state index contributed by atoms with van der Waals surface area (Å²) in [5, 5.41) is 23.0. The first-order valence-electron chi connectivity index (χ1n) is 7.96. The summed E-state index contributed by atoms with van der Waals surface area (Å²) in [6, 6.07) is 13.4. The molecule has 2 aromatic rings. The molecule has 2 aromatic carbocycles. The number of benzene rings is 2. The minimum Gasteiger partial charge on any atom is -0.491 e. The molecule has 128 valence electrons. The van der Waals surface area contributed by atoms with Gasteiger partial charge in [0.05, 0.1) is 22.7 Å². The Hall–Kier alpha value is -3.11. The lowest BCUT2D eigenvalue weighted by atomic mass is 10.2. The number of rotatable bonds is 6. The fourth-order valence-corrected chi connectivity index (χ4v) is 2.61. The van der Waals surface area contributed by atoms with E-state index in [2.05, 4.69) is 5.32 Å². The Morgan fingerprint density at radius 3 is 2.76 bits per heavy atom. The van der Waals surface area contributed by atoms with Crippen LogP contribution < -0.4 is 10.1 Å². The van der Waals surface area contributed by atoms with E-state index in [1.54, 1.807) is 24.3 Å². The lowest BCUT2D eigenvalue weighted by Gasteiger charge is -2.12. The van der Waals surface area contributed by atoms with Gasteiger partial charge < -0.3 is 14.8 Å². The molecule has 25 heavy (non-hydrogen) atoms. The first kappa shape index (κ1) is 16.7. The van der Waals surface area contributed by atoms with Crippen molar-refractivity contribution < 1.29 is 14.4 Å². The molecule has 1 N–H and O–H groups in total. The molecule has 0 amide bonds. The van der Waals surface area contributed by atoms with Gasteiger partial charge in [-0.25, -0.2) is 0 Å². The van der Waals surface area contributed by atoms with Crippen LogP contribution in [0.2, 0.25) is 0 Å². The van der Waals surface area contributed by atoms with Crippen LogP contribution in [0.5, 0.6) is 5.75 Å². The molecule has 1 atom stereocenters. The minimum atomic E-state index is -0.512. The number of ether oxygens (including phenoxy) is 2. The van der Waals surface area contributed by atoms with Crippen LogP contribution >= 0.6 is 0 Å². The molecule has 0 bridgehead atoms. The molecule has 1 heterocycles. The van der Waals surface area contributed by atoms with E-state index in [4.69, 9.17) is 14.7 Å². The molecule has 0 saturated carbocycles. The number of hydrogen-bond acceptors (Lipinski definition) is 6. The molecule has 1 saturated heterocycles. The van der Waals surface area contributed by atoms with Gasteiger partial charge in [0.25, 0.3) is 5.69 Å². The van der Waals surface area contributed by atoms with Crippen LogP contribution in [0.1, 0.15) is 18.4 Å². The molecule has 0 unspecified atom stereocenters. The van der Waals surface area contributed by atoms with Crippen molar-refractivity contribution in [3.63, 3.8) is 0 Å². The molecule has 0 spiro atoms. The predicted molar refractivity (Wildman–Crippen MR) is 92.0 cm³/mol. The number of nitriles is 1. The first-order chi connectivity index (χ1) is 12.2. The first-order valence-corrected chi connectivity index (χ1v) is 7.96. The van der Waals surface area contributed by atoms with Crippen molar-refractivity contribution in [3.8, 4) is 11.8 Å². The number of anilines is 2. The molecule has 1 fully saturated rings. The maximum Gasteiger partial charge on any atom is 0.293 e. The SMILES string of the molecule is N#Cc1ccc(Nc2ccc(OC[C@@H]3CCCO3)cc2)c([N+](=O)[O-])c1. The molecule has 3 rings (SSSR count). The second-order valence-corrected chi connectivity index (χ2v) is 5.70. The molecule has 1 aliphatic heterocycles. The van der Waals surface area contributed by atoms with E-state index in [0.717, 1.165) is 25.2 Å². The third kappa shape index (κ3) is 4.25. The van der Waals surface area contributed by atoms with E-state index in [0.29, 0.717) is 18.0 Å². The van der Waals surface area contributed by atoms with Gasteiger partial charge in [0.2, 0.25) is 0 Å². The Morgan fingerprint density at radius 1 is 1.32 bits per heavy atom. The van der Waals surface area contributed by atoms with Gasteiger partial charge in [-0.2, -0.15) is 5.26 Å². The van der Waals surface area contributed by atoms with Crippen LogP contribution in [0.25, 0.3) is 0 Å². The minimum absolute atomic E-state index is 0.141. The average Bonchev–Trinajstić information content (AvgIpc) is 3.15. The van der Waals surface area contributed by atoms with Gasteiger partial charge in [0.1, 0.15) is 18.0 Å². The zero-order valence-electron chi connectivity index (χ0n) is 13.5. The number of hydrogen-bond donors (Lipinski definition) is 1. The van der Waals surface area contributed by atoms with Crippen molar-refractivity contribution in [2.24, 2.45) is 0 Å². The number of nitrogens with zero attached hydrogens (tertiary/aromatic N) is 2. The highest BCUT2D eigenvalue weighted by atomic mass is 16.6. The quantitative estimate of drug-likeness (QED) is 0.635. The Kier molecular flexibility index (Phi) is 5.11. The molecule has 7 heteroatoms. The number of nitrogens with one attached hydrogen (secondary N) is 1. The zero-order chi connectivity index (χ0) is 17.6. The van der Waals surface area contributed by atoms with Crippen LogP contribution in [-0.4, -0.2) is 24.2 Å². The smallest absolute Gasteiger partial charge is 0.293 e. The van der Waals surface area contributed by atoms with Gasteiger partial charge >= 0.3 is 0 Å². The summed E-state index contributed by atoms with van der Waals surface area (Å²) in [7, 11) is 0. The van der Waals surface area contributed by atoms with Crippen LogP contribution in [-0.2, 0) is 4.74 Å². The van der Waals surface area contributed by atoms with Gasteiger partial charge in [-0.15, -0.1) is 0 Å². The number of nitro groups is 1. The van der Waals surface area contributed by atoms with E-state index in [1.807, 2.05) is 6.07 Å². The van der Waals surface area contributed by atoms with Crippen molar-refractivity contribution in [1.29, 1.82) is 5.26 Å². The van der Waals surface area contributed by atoms with Crippen molar-refractivity contribution in [1.82, 2.24) is 0 Å². The second-order valence-electron chi connectivity index (χ2n) is 5.70. The topological polar surface area (TPSA) is 97.4 Å². The van der Waals surface area contributed by atoms with Crippen LogP contribution in [0, 0.1) is 21.4 Å². The molecule has 0 aliphatic carbocycles. The second kappa shape index (κ2) is 7.64. The zero-order valence-corrected chi connectivity index (χ0v) is 13.5. The summed E-state index contributed by atoms with van der Waals surface area (Å²) in [5.41, 5.74) is 1.13. The van der Waals surface area contributed by atoms with E-state index in [-0.39, 0.29) is 17.4 Å². The summed E-state index contributed by atoms with van der Waals surface area (Å²) in [6.45, 7) is 1.31. The highest BCUT2D eigenvalue weighted by molar-refractivity contribution is 5.71. The average molecular weight is 339 g/mol. The lowest BCUT2D eigenvalue weighted by Crippen LogP contribution is -2.16. The summed E-state index contributed by atoms with van der Waals surface area (Å²) >= 11 is 0. The Bertz CT molecular complexity index is 793. The summed E-state index contributed by atoms with van der Waals surface area (Å²) in [4.78, 5) is 10.7. The largest absolute Gasteiger partial charge is 0.491 e. The monoisotopic (exact) mass is 339 g/mol. The van der Waals surface area contributed by atoms with Gasteiger partial charge in [-0.05, 0) is 49.2 Å². The molecule has 0 radical (unpaired) electrons. The number of nitro benzene ring substituents is 1. The van der Waals surface area contributed by atoms with E-state index >= 15 is 0 Å². The Balaban J connectivity index is 1.67. The van der Waals surface area contributed by atoms with Crippen LogP contribution in [0.4, 0.5) is 17.1 Å². The van der Waals surface area contributed by atoms with Crippen LogP contribution in [0.3, 0.4) is 0 Å². The molecule has 1 aliphatic rings. The lowest BCUT2D eigenvalue weighted by molar-refractivity contribution is -0.383. The fraction of sp³-hybridized carbons (Fsp3) is 0.278. The van der Waals surface area contributed by atoms with E-state index < -0.39 is 4.92 Å². The molecular formula is C18H17N3O4. The molecule has 0 aromatic heterocycles. The summed E-state index contributed by atoms with van der Waals surface area (Å²) in [5.74, 6) is 0.718. The highest BCUT2D eigenvalue weighted by Crippen LogP contribution is 2.29. The molecular weight excluding hydrogens is 322 g/mol. The normalized spacial score (nSPS) is 16.2. The summed E-state index contributed by atoms with van der Waals surface area (Å²) in [6.07, 6.45) is 2.24.